The molecule has 0 nitrogen and oxygen atoms in total. The Morgan fingerprint density at radius 3 is 1.64 bits per heavy atom. The number of hydrogen-bond acceptors (Lipinski definition) is 0. The third-order valence-electron chi connectivity index (χ3n) is 0.994. The summed E-state index contributed by atoms with van der Waals surface area (Å²) in [5.41, 5.74) is 2.31. The van der Waals surface area contributed by atoms with Gasteiger partial charge in [0.05, 0.1) is 0 Å². The molecule has 3 heteroatoms. The Morgan fingerprint density at radius 2 is 1.45 bits per heavy atom. The largest absolute Gasteiger partial charge is 2.00 e. The van der Waals surface area contributed by atoms with Gasteiger partial charge in [-0.3, -0.25) is 23.3 Å². The van der Waals surface area contributed by atoms with Crippen molar-refractivity contribution >= 4 is 23.1 Å². The van der Waals surface area contributed by atoms with E-state index >= 15 is 0 Å². The van der Waals surface area contributed by atoms with Gasteiger partial charge in [-0.25, -0.2) is 0 Å². The fourth-order valence-corrected chi connectivity index (χ4v) is 0.675. The molecule has 1 aromatic carbocycles. The summed E-state index contributed by atoms with van der Waals surface area (Å²) in [5.74, 6) is 0. The quantitative estimate of drug-likeness (QED) is 0.405. The van der Waals surface area contributed by atoms with E-state index in [2.05, 4.69) is 12.1 Å². The minimum Gasteiger partial charge on any atom is -1.00 e. The van der Waals surface area contributed by atoms with Gasteiger partial charge in [0.25, 0.3) is 0 Å². The predicted molar refractivity (Wildman–Crippen MR) is 39.3 cm³/mol. The zero-order chi connectivity index (χ0) is 5.98. The van der Waals surface area contributed by atoms with Crippen molar-refractivity contribution < 1.29 is 49.7 Å². The van der Waals surface area contributed by atoms with Gasteiger partial charge in [0, 0.05) is 32.7 Å². The summed E-state index contributed by atoms with van der Waals surface area (Å²) >= 11 is 0. The van der Waals surface area contributed by atoms with Crippen molar-refractivity contribution in [3.05, 3.63) is 35.4 Å². The number of benzene rings is 1. The molecule has 1 radical (unpaired) electrons. The zero-order valence-electron chi connectivity index (χ0n) is 6.82. The van der Waals surface area contributed by atoms with Gasteiger partial charge in [-0.15, -0.1) is 13.8 Å². The zero-order valence-corrected chi connectivity index (χ0v) is 12.7. The molecule has 1 rings (SSSR count). The van der Waals surface area contributed by atoms with Gasteiger partial charge >= 0.3 is 23.1 Å². The van der Waals surface area contributed by atoms with E-state index in [0.29, 0.717) is 0 Å². The molecule has 0 N–H and O–H groups in total. The molecule has 0 heterocycles. The number of rotatable bonds is 0. The second-order valence-electron chi connectivity index (χ2n) is 1.95. The normalized spacial score (nSPS) is 6.73. The van der Waals surface area contributed by atoms with E-state index in [1.54, 1.807) is 0 Å². The monoisotopic (exact) mass is 296 g/mol. The molecule has 0 aliphatic rings. The molecule has 1 aromatic rings. The van der Waals surface area contributed by atoms with Crippen molar-refractivity contribution in [1.82, 2.24) is 0 Å². The Labute approximate surface area is 120 Å². The molecule has 0 fully saturated rings. The molecule has 0 atom stereocenters. The molecule has 0 aliphatic heterocycles. The van der Waals surface area contributed by atoms with E-state index in [-0.39, 0.29) is 72.7 Å². The van der Waals surface area contributed by atoms with Gasteiger partial charge in [0.15, 0.2) is 0 Å². The summed E-state index contributed by atoms with van der Waals surface area (Å²) < 4.78 is 0. The second-order valence-corrected chi connectivity index (χ2v) is 1.95. The predicted octanol–water partition coefficient (Wildman–Crippen LogP) is -1.48. The average molecular weight is 297 g/mol. The van der Waals surface area contributed by atoms with Gasteiger partial charge in [0.1, 0.15) is 0 Å². The van der Waals surface area contributed by atoms with Crippen LogP contribution in [0.25, 0.3) is 0 Å². The fraction of sp³-hybridized carbons (Fsp3) is 0.250. The van der Waals surface area contributed by atoms with Gasteiger partial charge in [-0.2, -0.15) is 0 Å². The summed E-state index contributed by atoms with van der Waals surface area (Å²) in [6.45, 7) is 4.03. The molecule has 0 spiro atoms. The van der Waals surface area contributed by atoms with Crippen LogP contribution in [0.5, 0.6) is 0 Å². The molecule has 0 saturated carbocycles. The Morgan fingerprint density at radius 1 is 1.09 bits per heavy atom. The van der Waals surface area contributed by atoms with Crippen molar-refractivity contribution in [1.29, 1.82) is 0 Å². The maximum Gasteiger partial charge on any atom is 2.00 e. The number of hydrogen-bond donors (Lipinski definition) is 0. The third kappa shape index (κ3) is 7.92. The van der Waals surface area contributed by atoms with Crippen LogP contribution in [-0.2, 0) is 32.7 Å². The van der Waals surface area contributed by atoms with E-state index in [0.717, 1.165) is 11.1 Å². The van der Waals surface area contributed by atoms with Crippen LogP contribution in [0.4, 0.5) is 0 Å². The molecular formula is C8H8BrMgY-. The molecular weight excluding hydrogens is 289 g/mol. The van der Waals surface area contributed by atoms with Crippen LogP contribution < -0.4 is 17.0 Å². The summed E-state index contributed by atoms with van der Waals surface area (Å²) in [7, 11) is 0. The van der Waals surface area contributed by atoms with Crippen LogP contribution >= 0.6 is 0 Å². The average Bonchev–Trinajstić information content (AvgIpc) is 1.64. The van der Waals surface area contributed by atoms with E-state index in [4.69, 9.17) is 0 Å². The minimum absolute atomic E-state index is 0. The number of halogens is 1. The molecule has 53 valence electrons. The Hall–Kier alpha value is 1.57. The molecule has 0 saturated heterocycles. The first-order valence-electron chi connectivity index (χ1n) is 2.65. The summed E-state index contributed by atoms with van der Waals surface area (Å²) in [4.78, 5) is 0. The van der Waals surface area contributed by atoms with E-state index in [1.807, 2.05) is 26.0 Å². The van der Waals surface area contributed by atoms with Crippen LogP contribution in [-0.4, -0.2) is 23.1 Å². The van der Waals surface area contributed by atoms with Gasteiger partial charge in [0.2, 0.25) is 0 Å². The van der Waals surface area contributed by atoms with Crippen LogP contribution in [0.3, 0.4) is 0 Å². The maximum absolute atomic E-state index is 3.14. The van der Waals surface area contributed by atoms with E-state index in [1.165, 1.54) is 0 Å². The topological polar surface area (TPSA) is 0 Å². The standard InChI is InChI=1S/C8H8.BrH.Mg.Y/c1-7-4-3-5-8(2)6-7;;;/h4-5H,1-2H3;1H;;/q-2;;+2;/p-1. The summed E-state index contributed by atoms with van der Waals surface area (Å²) in [5, 5.41) is 0. The van der Waals surface area contributed by atoms with Crippen molar-refractivity contribution in [3.8, 4) is 0 Å². The number of aryl methyl sites for hydroxylation is 2. The fourth-order valence-electron chi connectivity index (χ4n) is 0.675. The maximum atomic E-state index is 3.14. The van der Waals surface area contributed by atoms with Crippen LogP contribution in [0, 0.1) is 26.0 Å². The third-order valence-corrected chi connectivity index (χ3v) is 0.994. The molecule has 0 aliphatic carbocycles. The van der Waals surface area contributed by atoms with E-state index < -0.39 is 0 Å². The van der Waals surface area contributed by atoms with Crippen molar-refractivity contribution in [2.75, 3.05) is 0 Å². The Kier molecular flexibility index (Phi) is 16.1. The van der Waals surface area contributed by atoms with Crippen LogP contribution in [0.15, 0.2) is 12.1 Å². The molecule has 0 amide bonds. The van der Waals surface area contributed by atoms with Crippen molar-refractivity contribution in [3.63, 3.8) is 0 Å². The van der Waals surface area contributed by atoms with Crippen molar-refractivity contribution in [2.45, 2.75) is 13.8 Å². The second kappa shape index (κ2) is 9.66. The smallest absolute Gasteiger partial charge is 1.00 e. The SMILES string of the molecule is Cc1[c-]c(C)c[c-]c1.[Br-].[Mg+2].[Y]. The first kappa shape index (κ1) is 18.4. The van der Waals surface area contributed by atoms with Gasteiger partial charge < -0.3 is 29.1 Å². The molecule has 0 unspecified atom stereocenters. The Balaban J connectivity index is -0.000000213. The first-order valence-corrected chi connectivity index (χ1v) is 2.65. The van der Waals surface area contributed by atoms with Crippen LogP contribution in [0.2, 0.25) is 0 Å². The molecule has 0 bridgehead atoms. The summed E-state index contributed by atoms with van der Waals surface area (Å²) in [6, 6.07) is 9.98. The molecule has 11 heavy (non-hydrogen) atoms. The van der Waals surface area contributed by atoms with Crippen molar-refractivity contribution in [2.24, 2.45) is 0 Å². The Bertz CT molecular complexity index is 174. The van der Waals surface area contributed by atoms with Gasteiger partial charge in [-0.05, 0) is 0 Å². The first-order chi connectivity index (χ1) is 3.79. The molecule has 0 aromatic heterocycles. The van der Waals surface area contributed by atoms with Gasteiger partial charge in [-0.1, -0.05) is 0 Å². The minimum atomic E-state index is 0. The summed E-state index contributed by atoms with van der Waals surface area (Å²) in [6.07, 6.45) is 0. The van der Waals surface area contributed by atoms with E-state index in [9.17, 15) is 0 Å². The van der Waals surface area contributed by atoms with Crippen LogP contribution in [0.1, 0.15) is 11.1 Å².